The van der Waals surface area contributed by atoms with E-state index < -0.39 is 0 Å². The summed E-state index contributed by atoms with van der Waals surface area (Å²) in [5.74, 6) is 0.672. The molecule has 0 bridgehead atoms. The van der Waals surface area contributed by atoms with Gasteiger partial charge in [0.25, 0.3) is 5.91 Å². The number of aryl methyl sites for hydroxylation is 1. The predicted octanol–water partition coefficient (Wildman–Crippen LogP) is 5.69. The van der Waals surface area contributed by atoms with Crippen LogP contribution in [0.5, 0.6) is 5.75 Å². The van der Waals surface area contributed by atoms with Gasteiger partial charge in [-0.05, 0) is 48.9 Å². The predicted molar refractivity (Wildman–Crippen MR) is 125 cm³/mol. The fourth-order valence-corrected chi connectivity index (χ4v) is 3.58. The highest BCUT2D eigenvalue weighted by Gasteiger charge is 2.13. The van der Waals surface area contributed by atoms with Gasteiger partial charge >= 0.3 is 0 Å². The molecule has 0 saturated heterocycles. The summed E-state index contributed by atoms with van der Waals surface area (Å²) in [6.07, 6.45) is 3.39. The Morgan fingerprint density at radius 2 is 1.72 bits per heavy atom. The summed E-state index contributed by atoms with van der Waals surface area (Å²) < 4.78 is 8.86. The van der Waals surface area contributed by atoms with E-state index in [9.17, 15) is 4.79 Å². The number of hydrogen-bond donors (Lipinski definition) is 1. The van der Waals surface area contributed by atoms with Crippen LogP contribution in [0, 0.1) is 6.92 Å². The topological polar surface area (TPSA) is 74.0 Å². The lowest BCUT2D eigenvalue weighted by molar-refractivity contribution is 0.101. The third-order valence-electron chi connectivity index (χ3n) is 4.63. The minimum atomic E-state index is -0.382. The summed E-state index contributed by atoms with van der Waals surface area (Å²) in [5.41, 5.74) is 1.91. The summed E-state index contributed by atoms with van der Waals surface area (Å²) in [7, 11) is 0. The SMILES string of the molecule is Cc1cc(OCn2ccc(C(=O)Nc3ccn(Cc4c(Cl)cccc4Cl)n3)n2)ccc1Cl. The van der Waals surface area contributed by atoms with Crippen LogP contribution in [0.2, 0.25) is 15.1 Å². The van der Waals surface area contributed by atoms with Crippen molar-refractivity contribution in [3.05, 3.63) is 92.8 Å². The molecule has 2 heterocycles. The number of amides is 1. The maximum Gasteiger partial charge on any atom is 0.277 e. The van der Waals surface area contributed by atoms with Crippen molar-refractivity contribution in [2.75, 3.05) is 5.32 Å². The molecule has 164 valence electrons. The van der Waals surface area contributed by atoms with Gasteiger partial charge in [0.2, 0.25) is 0 Å². The minimum Gasteiger partial charge on any atom is -0.471 e. The smallest absolute Gasteiger partial charge is 0.277 e. The van der Waals surface area contributed by atoms with Gasteiger partial charge in [0.15, 0.2) is 18.2 Å². The molecule has 4 rings (SSSR count). The number of carbonyl (C=O) groups excluding carboxylic acids is 1. The molecule has 7 nitrogen and oxygen atoms in total. The van der Waals surface area contributed by atoms with Crippen LogP contribution in [0.1, 0.15) is 21.6 Å². The second-order valence-electron chi connectivity index (χ2n) is 6.98. The molecule has 0 unspecified atom stereocenters. The first-order valence-electron chi connectivity index (χ1n) is 9.59. The van der Waals surface area contributed by atoms with Gasteiger partial charge in [0.1, 0.15) is 5.75 Å². The molecule has 0 aliphatic heterocycles. The van der Waals surface area contributed by atoms with Gasteiger partial charge in [0, 0.05) is 39.1 Å². The quantitative estimate of drug-likeness (QED) is 0.361. The lowest BCUT2D eigenvalue weighted by atomic mass is 10.2. The van der Waals surface area contributed by atoms with Crippen LogP contribution >= 0.6 is 34.8 Å². The molecule has 1 amide bonds. The third-order valence-corrected chi connectivity index (χ3v) is 5.76. The fraction of sp³-hybridized carbons (Fsp3) is 0.136. The molecular weight excluding hydrogens is 473 g/mol. The standard InChI is InChI=1S/C22H18Cl3N5O2/c1-14-11-15(5-6-17(14)23)32-13-30-9-7-20(27-30)22(31)26-21-8-10-29(28-21)12-16-18(24)3-2-4-19(16)25/h2-11H,12-13H2,1H3,(H,26,28,31). The van der Waals surface area contributed by atoms with Crippen LogP contribution in [0.4, 0.5) is 5.82 Å². The van der Waals surface area contributed by atoms with Crippen molar-refractivity contribution in [2.45, 2.75) is 20.2 Å². The molecule has 0 radical (unpaired) electrons. The Balaban J connectivity index is 1.35. The summed E-state index contributed by atoms with van der Waals surface area (Å²) in [6, 6.07) is 14.0. The van der Waals surface area contributed by atoms with Gasteiger partial charge in [-0.25, -0.2) is 4.68 Å². The molecule has 2 aromatic heterocycles. The van der Waals surface area contributed by atoms with Gasteiger partial charge < -0.3 is 10.1 Å². The summed E-state index contributed by atoms with van der Waals surface area (Å²) in [4.78, 5) is 12.5. The molecule has 32 heavy (non-hydrogen) atoms. The molecule has 0 atom stereocenters. The highest BCUT2D eigenvalue weighted by Crippen LogP contribution is 2.25. The minimum absolute atomic E-state index is 0.154. The normalized spacial score (nSPS) is 10.9. The number of benzene rings is 2. The fourth-order valence-electron chi connectivity index (χ4n) is 2.94. The second-order valence-corrected chi connectivity index (χ2v) is 8.20. The van der Waals surface area contributed by atoms with Crippen molar-refractivity contribution < 1.29 is 9.53 Å². The zero-order valence-corrected chi connectivity index (χ0v) is 19.2. The molecule has 4 aromatic rings. The Hall–Kier alpha value is -3.00. The molecule has 1 N–H and O–H groups in total. The van der Waals surface area contributed by atoms with Crippen molar-refractivity contribution in [2.24, 2.45) is 0 Å². The van der Waals surface area contributed by atoms with E-state index in [1.165, 1.54) is 4.68 Å². The molecule has 10 heteroatoms. The summed E-state index contributed by atoms with van der Waals surface area (Å²) in [6.45, 7) is 2.43. The molecular formula is C22H18Cl3N5O2. The first-order chi connectivity index (χ1) is 15.4. The number of aromatic nitrogens is 4. The average Bonchev–Trinajstić information content (AvgIpc) is 3.41. The number of rotatable bonds is 7. The van der Waals surface area contributed by atoms with Crippen LogP contribution in [-0.4, -0.2) is 25.5 Å². The maximum absolute atomic E-state index is 12.5. The van der Waals surface area contributed by atoms with Crippen LogP contribution < -0.4 is 10.1 Å². The number of ether oxygens (including phenoxy) is 1. The van der Waals surface area contributed by atoms with Crippen LogP contribution in [0.15, 0.2) is 60.9 Å². The number of hydrogen-bond acceptors (Lipinski definition) is 4. The number of carbonyl (C=O) groups is 1. The Kier molecular flexibility index (Phi) is 6.69. The summed E-state index contributed by atoms with van der Waals surface area (Å²) in [5, 5.41) is 13.1. The van der Waals surface area contributed by atoms with Crippen molar-refractivity contribution in [3.8, 4) is 5.75 Å². The van der Waals surface area contributed by atoms with E-state index in [1.54, 1.807) is 59.5 Å². The van der Waals surface area contributed by atoms with Crippen molar-refractivity contribution in [3.63, 3.8) is 0 Å². The van der Waals surface area contributed by atoms with Crippen molar-refractivity contribution in [1.82, 2.24) is 19.6 Å². The molecule has 0 spiro atoms. The molecule has 0 saturated carbocycles. The van der Waals surface area contributed by atoms with E-state index in [1.807, 2.05) is 13.0 Å². The van der Waals surface area contributed by atoms with E-state index in [-0.39, 0.29) is 18.3 Å². The maximum atomic E-state index is 12.5. The Morgan fingerprint density at radius 3 is 2.47 bits per heavy atom. The van der Waals surface area contributed by atoms with Crippen molar-refractivity contribution in [1.29, 1.82) is 0 Å². The van der Waals surface area contributed by atoms with Crippen molar-refractivity contribution >= 4 is 46.5 Å². The average molecular weight is 491 g/mol. The van der Waals surface area contributed by atoms with E-state index >= 15 is 0 Å². The van der Waals surface area contributed by atoms with Gasteiger partial charge in [-0.3, -0.25) is 9.48 Å². The number of nitrogens with one attached hydrogen (secondary N) is 1. The first kappa shape index (κ1) is 22.2. The second kappa shape index (κ2) is 9.65. The number of nitrogens with zero attached hydrogens (tertiary/aromatic N) is 4. The van der Waals surface area contributed by atoms with E-state index in [0.29, 0.717) is 33.2 Å². The third kappa shape index (κ3) is 5.24. The molecule has 2 aromatic carbocycles. The van der Waals surface area contributed by atoms with Gasteiger partial charge in [0.05, 0.1) is 6.54 Å². The highest BCUT2D eigenvalue weighted by atomic mass is 35.5. The monoisotopic (exact) mass is 489 g/mol. The Labute approximate surface area is 199 Å². The van der Waals surface area contributed by atoms with Crippen LogP contribution in [-0.2, 0) is 13.3 Å². The van der Waals surface area contributed by atoms with Crippen LogP contribution in [0.25, 0.3) is 0 Å². The zero-order chi connectivity index (χ0) is 22.7. The Bertz CT molecular complexity index is 1250. The summed E-state index contributed by atoms with van der Waals surface area (Å²) >= 11 is 18.4. The zero-order valence-electron chi connectivity index (χ0n) is 16.9. The van der Waals surface area contributed by atoms with E-state index in [2.05, 4.69) is 15.5 Å². The van der Waals surface area contributed by atoms with Gasteiger partial charge in [-0.1, -0.05) is 40.9 Å². The number of anilines is 1. The van der Waals surface area contributed by atoms with E-state index in [0.717, 1.165) is 11.1 Å². The largest absolute Gasteiger partial charge is 0.471 e. The Morgan fingerprint density at radius 1 is 0.969 bits per heavy atom. The van der Waals surface area contributed by atoms with Crippen LogP contribution in [0.3, 0.4) is 0 Å². The van der Waals surface area contributed by atoms with Gasteiger partial charge in [-0.2, -0.15) is 10.2 Å². The molecule has 0 aliphatic carbocycles. The molecule has 0 fully saturated rings. The van der Waals surface area contributed by atoms with Gasteiger partial charge in [-0.15, -0.1) is 0 Å². The highest BCUT2D eigenvalue weighted by molar-refractivity contribution is 6.36. The first-order valence-corrected chi connectivity index (χ1v) is 10.7. The lowest BCUT2D eigenvalue weighted by Gasteiger charge is -2.07. The lowest BCUT2D eigenvalue weighted by Crippen LogP contribution is -2.15. The number of halogens is 3. The molecule has 0 aliphatic rings. The van der Waals surface area contributed by atoms with E-state index in [4.69, 9.17) is 39.5 Å².